The van der Waals surface area contributed by atoms with Gasteiger partial charge in [0.15, 0.2) is 0 Å². The minimum atomic E-state index is -0.0906. The van der Waals surface area contributed by atoms with Crippen molar-refractivity contribution in [3.63, 3.8) is 0 Å². The number of furan rings is 1. The molecule has 0 radical (unpaired) electrons. The summed E-state index contributed by atoms with van der Waals surface area (Å²) in [6.45, 7) is 3.75. The number of amides is 1. The highest BCUT2D eigenvalue weighted by molar-refractivity contribution is 7.10. The van der Waals surface area contributed by atoms with Crippen molar-refractivity contribution in [2.75, 3.05) is 0 Å². The Kier molecular flexibility index (Phi) is 3.10. The van der Waals surface area contributed by atoms with Crippen molar-refractivity contribution in [3.05, 3.63) is 46.0 Å². The molecule has 0 bridgehead atoms. The summed E-state index contributed by atoms with van der Waals surface area (Å²) in [6.07, 6.45) is 1.53. The molecule has 1 atom stereocenters. The van der Waals surface area contributed by atoms with E-state index in [2.05, 4.69) is 5.32 Å². The second kappa shape index (κ2) is 4.53. The third-order valence-electron chi connectivity index (χ3n) is 2.42. The van der Waals surface area contributed by atoms with Crippen LogP contribution < -0.4 is 5.32 Å². The first kappa shape index (κ1) is 11.0. The van der Waals surface area contributed by atoms with Gasteiger partial charge < -0.3 is 9.73 Å². The van der Waals surface area contributed by atoms with Crippen LogP contribution in [0.5, 0.6) is 0 Å². The average Bonchev–Trinajstić information content (AvgIpc) is 2.86. The maximum absolute atomic E-state index is 11.9. The Labute approximate surface area is 98.1 Å². The Balaban J connectivity index is 2.06. The summed E-state index contributed by atoms with van der Waals surface area (Å²) in [7, 11) is 0. The third-order valence-corrected chi connectivity index (χ3v) is 3.48. The van der Waals surface area contributed by atoms with E-state index < -0.39 is 0 Å². The second-order valence-electron chi connectivity index (χ2n) is 3.60. The van der Waals surface area contributed by atoms with Crippen molar-refractivity contribution in [3.8, 4) is 0 Å². The fourth-order valence-electron chi connectivity index (χ4n) is 1.50. The van der Waals surface area contributed by atoms with Crippen LogP contribution in [0.2, 0.25) is 0 Å². The summed E-state index contributed by atoms with van der Waals surface area (Å²) in [5.74, 6) is 0.558. The quantitative estimate of drug-likeness (QED) is 0.888. The SMILES string of the molecule is Cc1occc1C(=O)N[C@H](C)c1cccs1. The van der Waals surface area contributed by atoms with Crippen LogP contribution in [0.3, 0.4) is 0 Å². The number of aryl methyl sites for hydroxylation is 1. The number of hydrogen-bond donors (Lipinski definition) is 1. The molecule has 3 nitrogen and oxygen atoms in total. The summed E-state index contributed by atoms with van der Waals surface area (Å²) in [5, 5.41) is 4.94. The normalized spacial score (nSPS) is 12.4. The standard InChI is InChI=1S/C12H13NO2S/c1-8(11-4-3-7-16-11)13-12(14)10-5-6-15-9(10)2/h3-8H,1-2H3,(H,13,14)/t8-/m1/s1. The van der Waals surface area contributed by atoms with Gasteiger partial charge in [-0.15, -0.1) is 11.3 Å². The molecule has 16 heavy (non-hydrogen) atoms. The lowest BCUT2D eigenvalue weighted by molar-refractivity contribution is 0.0939. The molecule has 0 aliphatic carbocycles. The molecular weight excluding hydrogens is 222 g/mol. The van der Waals surface area contributed by atoms with E-state index in [-0.39, 0.29) is 11.9 Å². The number of thiophene rings is 1. The first-order valence-corrected chi connectivity index (χ1v) is 5.95. The van der Waals surface area contributed by atoms with Crippen molar-refractivity contribution in [1.82, 2.24) is 5.32 Å². The van der Waals surface area contributed by atoms with Gasteiger partial charge in [-0.25, -0.2) is 0 Å². The van der Waals surface area contributed by atoms with Gasteiger partial charge in [0.25, 0.3) is 5.91 Å². The topological polar surface area (TPSA) is 42.2 Å². The summed E-state index contributed by atoms with van der Waals surface area (Å²) >= 11 is 1.64. The lowest BCUT2D eigenvalue weighted by atomic mass is 10.2. The molecule has 0 saturated heterocycles. The highest BCUT2D eigenvalue weighted by atomic mass is 32.1. The minimum Gasteiger partial charge on any atom is -0.469 e. The Bertz CT molecular complexity index is 473. The van der Waals surface area contributed by atoms with E-state index in [1.165, 1.54) is 6.26 Å². The minimum absolute atomic E-state index is 0.0294. The van der Waals surface area contributed by atoms with Gasteiger partial charge in [0.2, 0.25) is 0 Å². The lowest BCUT2D eigenvalue weighted by Crippen LogP contribution is -2.26. The first-order valence-electron chi connectivity index (χ1n) is 5.07. The molecule has 1 amide bonds. The highest BCUT2D eigenvalue weighted by Crippen LogP contribution is 2.19. The molecule has 2 aromatic heterocycles. The van der Waals surface area contributed by atoms with E-state index in [0.29, 0.717) is 11.3 Å². The lowest BCUT2D eigenvalue weighted by Gasteiger charge is -2.11. The third kappa shape index (κ3) is 2.17. The van der Waals surface area contributed by atoms with Crippen molar-refractivity contribution >= 4 is 17.2 Å². The Morgan fingerprint density at radius 3 is 2.88 bits per heavy atom. The van der Waals surface area contributed by atoms with Crippen molar-refractivity contribution in [1.29, 1.82) is 0 Å². The fraction of sp³-hybridized carbons (Fsp3) is 0.250. The van der Waals surface area contributed by atoms with Gasteiger partial charge in [-0.1, -0.05) is 6.07 Å². The Morgan fingerprint density at radius 2 is 2.31 bits per heavy atom. The zero-order chi connectivity index (χ0) is 11.5. The monoisotopic (exact) mass is 235 g/mol. The molecule has 2 heterocycles. The molecule has 0 unspecified atom stereocenters. The van der Waals surface area contributed by atoms with Gasteiger partial charge in [0.05, 0.1) is 17.9 Å². The van der Waals surface area contributed by atoms with Crippen LogP contribution in [-0.2, 0) is 0 Å². The smallest absolute Gasteiger partial charge is 0.255 e. The number of carbonyl (C=O) groups excluding carboxylic acids is 1. The summed E-state index contributed by atoms with van der Waals surface area (Å²) < 4.78 is 5.10. The van der Waals surface area contributed by atoms with Crippen LogP contribution in [0.4, 0.5) is 0 Å². The van der Waals surface area contributed by atoms with Gasteiger partial charge in [-0.3, -0.25) is 4.79 Å². The summed E-state index contributed by atoms with van der Waals surface area (Å²) in [6, 6.07) is 5.71. The number of nitrogens with one attached hydrogen (secondary N) is 1. The molecule has 0 spiro atoms. The van der Waals surface area contributed by atoms with Gasteiger partial charge in [-0.05, 0) is 31.4 Å². The zero-order valence-corrected chi connectivity index (χ0v) is 10.0. The van der Waals surface area contributed by atoms with Gasteiger partial charge >= 0.3 is 0 Å². The highest BCUT2D eigenvalue weighted by Gasteiger charge is 2.15. The van der Waals surface area contributed by atoms with Crippen LogP contribution in [0.15, 0.2) is 34.3 Å². The van der Waals surface area contributed by atoms with E-state index in [1.54, 1.807) is 24.3 Å². The van der Waals surface area contributed by atoms with Crippen LogP contribution >= 0.6 is 11.3 Å². The van der Waals surface area contributed by atoms with E-state index >= 15 is 0 Å². The van der Waals surface area contributed by atoms with Crippen molar-refractivity contribution in [2.45, 2.75) is 19.9 Å². The summed E-state index contributed by atoms with van der Waals surface area (Å²) in [4.78, 5) is 13.0. The largest absolute Gasteiger partial charge is 0.469 e. The molecule has 4 heteroatoms. The number of rotatable bonds is 3. The van der Waals surface area contributed by atoms with Crippen LogP contribution in [0, 0.1) is 6.92 Å². The molecule has 0 saturated carbocycles. The molecule has 0 aliphatic rings. The number of hydrogen-bond acceptors (Lipinski definition) is 3. The molecule has 2 rings (SSSR count). The first-order chi connectivity index (χ1) is 7.68. The van der Waals surface area contributed by atoms with Crippen molar-refractivity contribution < 1.29 is 9.21 Å². The Hall–Kier alpha value is -1.55. The van der Waals surface area contributed by atoms with E-state index in [9.17, 15) is 4.79 Å². The predicted molar refractivity (Wildman–Crippen MR) is 63.6 cm³/mol. The van der Waals surface area contributed by atoms with Gasteiger partial charge in [-0.2, -0.15) is 0 Å². The van der Waals surface area contributed by atoms with Crippen LogP contribution in [-0.4, -0.2) is 5.91 Å². The van der Waals surface area contributed by atoms with E-state index in [1.807, 2.05) is 24.4 Å². The van der Waals surface area contributed by atoms with Gasteiger partial charge in [0.1, 0.15) is 5.76 Å². The molecule has 84 valence electrons. The van der Waals surface area contributed by atoms with Crippen LogP contribution in [0.25, 0.3) is 0 Å². The van der Waals surface area contributed by atoms with E-state index in [4.69, 9.17) is 4.42 Å². The zero-order valence-electron chi connectivity index (χ0n) is 9.19. The average molecular weight is 235 g/mol. The summed E-state index contributed by atoms with van der Waals surface area (Å²) in [5.41, 5.74) is 0.600. The molecule has 2 aromatic rings. The molecule has 1 N–H and O–H groups in total. The van der Waals surface area contributed by atoms with Crippen molar-refractivity contribution in [2.24, 2.45) is 0 Å². The van der Waals surface area contributed by atoms with Crippen LogP contribution in [0.1, 0.15) is 34.0 Å². The molecule has 0 aromatic carbocycles. The van der Waals surface area contributed by atoms with Gasteiger partial charge in [0, 0.05) is 4.88 Å². The maximum atomic E-state index is 11.9. The molecule has 0 fully saturated rings. The second-order valence-corrected chi connectivity index (χ2v) is 4.58. The molecular formula is C12H13NO2S. The van der Waals surface area contributed by atoms with E-state index in [0.717, 1.165) is 4.88 Å². The predicted octanol–water partition coefficient (Wildman–Crippen LogP) is 3.14. The maximum Gasteiger partial charge on any atom is 0.255 e. The Morgan fingerprint density at radius 1 is 1.50 bits per heavy atom. The number of carbonyl (C=O) groups is 1. The fourth-order valence-corrected chi connectivity index (χ4v) is 2.24. The molecule has 0 aliphatic heterocycles.